The van der Waals surface area contributed by atoms with Crippen LogP contribution in [0.15, 0.2) is 60.9 Å². The van der Waals surface area contributed by atoms with Gasteiger partial charge in [-0.1, -0.05) is 6.07 Å². The maximum atomic E-state index is 12.4. The number of aromatic nitrogens is 4. The van der Waals surface area contributed by atoms with Crippen molar-refractivity contribution in [2.45, 2.75) is 26.8 Å². The Kier molecular flexibility index (Phi) is 6.00. The van der Waals surface area contributed by atoms with Crippen LogP contribution < -0.4 is 5.32 Å². The number of thiazole rings is 1. The van der Waals surface area contributed by atoms with Crippen molar-refractivity contribution in [2.24, 2.45) is 0 Å². The first-order chi connectivity index (χ1) is 16.9. The van der Waals surface area contributed by atoms with Crippen molar-refractivity contribution >= 4 is 50.2 Å². The van der Waals surface area contributed by atoms with Crippen LogP contribution in [0.4, 0.5) is 5.69 Å². The number of pyridine rings is 1. The maximum absolute atomic E-state index is 12.4. The van der Waals surface area contributed by atoms with Crippen molar-refractivity contribution < 1.29 is 14.3 Å². The van der Waals surface area contributed by atoms with Gasteiger partial charge in [-0.25, -0.2) is 19.4 Å². The summed E-state index contributed by atoms with van der Waals surface area (Å²) in [6.07, 6.45) is 3.09. The molecule has 1 N–H and O–H groups in total. The van der Waals surface area contributed by atoms with Crippen LogP contribution in [0.25, 0.3) is 31.8 Å². The molecular weight excluding hydrogens is 462 g/mol. The Morgan fingerprint density at radius 3 is 2.66 bits per heavy atom. The van der Waals surface area contributed by atoms with Crippen LogP contribution in [0.3, 0.4) is 0 Å². The number of esters is 1. The zero-order valence-electron chi connectivity index (χ0n) is 19.5. The number of nitrogens with one attached hydrogen (secondary N) is 1. The minimum Gasteiger partial charge on any atom is -0.452 e. The molecule has 176 valence electrons. The van der Waals surface area contributed by atoms with Gasteiger partial charge < -0.3 is 10.1 Å². The highest BCUT2D eigenvalue weighted by Crippen LogP contribution is 2.31. The van der Waals surface area contributed by atoms with Crippen LogP contribution in [0.1, 0.15) is 35.8 Å². The summed E-state index contributed by atoms with van der Waals surface area (Å²) in [7, 11) is 0. The molecule has 35 heavy (non-hydrogen) atoms. The maximum Gasteiger partial charge on any atom is 0.340 e. The number of carbonyl (C=O) groups is 2. The molecule has 0 aliphatic rings. The van der Waals surface area contributed by atoms with Crippen LogP contribution in [0.2, 0.25) is 0 Å². The van der Waals surface area contributed by atoms with E-state index < -0.39 is 18.5 Å². The second-order valence-corrected chi connectivity index (χ2v) is 9.54. The van der Waals surface area contributed by atoms with E-state index in [1.807, 2.05) is 38.1 Å². The third-order valence-electron chi connectivity index (χ3n) is 5.45. The summed E-state index contributed by atoms with van der Waals surface area (Å²) in [6.45, 7) is 5.67. The van der Waals surface area contributed by atoms with Crippen LogP contribution in [-0.2, 0) is 9.53 Å². The van der Waals surface area contributed by atoms with E-state index in [2.05, 4.69) is 33.4 Å². The van der Waals surface area contributed by atoms with Crippen LogP contribution in [-0.4, -0.2) is 38.2 Å². The molecule has 0 radical (unpaired) electrons. The molecule has 8 nitrogen and oxygen atoms in total. The molecule has 3 aromatic heterocycles. The molecule has 5 rings (SSSR count). The fraction of sp³-hybridized carbons (Fsp3) is 0.192. The number of nitrogens with zero attached hydrogens (tertiary/aromatic N) is 4. The van der Waals surface area contributed by atoms with Crippen molar-refractivity contribution in [1.82, 2.24) is 19.7 Å². The van der Waals surface area contributed by atoms with E-state index in [1.54, 1.807) is 40.4 Å². The summed E-state index contributed by atoms with van der Waals surface area (Å²) in [5.41, 5.74) is 4.71. The molecule has 0 fully saturated rings. The summed E-state index contributed by atoms with van der Waals surface area (Å²) in [4.78, 5) is 33.7. The lowest BCUT2D eigenvalue weighted by Crippen LogP contribution is -2.21. The minimum atomic E-state index is -0.617. The van der Waals surface area contributed by atoms with Gasteiger partial charge in [0.2, 0.25) is 0 Å². The Morgan fingerprint density at radius 2 is 1.89 bits per heavy atom. The molecule has 0 aliphatic carbocycles. The highest BCUT2D eigenvalue weighted by Gasteiger charge is 2.15. The Balaban J connectivity index is 1.19. The van der Waals surface area contributed by atoms with E-state index >= 15 is 0 Å². The molecule has 1 amide bonds. The smallest absolute Gasteiger partial charge is 0.340 e. The second kappa shape index (κ2) is 9.27. The predicted octanol–water partition coefficient (Wildman–Crippen LogP) is 5.39. The fourth-order valence-corrected chi connectivity index (χ4v) is 4.76. The van der Waals surface area contributed by atoms with Gasteiger partial charge in [0.1, 0.15) is 5.01 Å². The third kappa shape index (κ3) is 4.76. The largest absolute Gasteiger partial charge is 0.452 e. The van der Waals surface area contributed by atoms with Gasteiger partial charge in [0.05, 0.1) is 22.0 Å². The Labute approximate surface area is 205 Å². The molecule has 0 unspecified atom stereocenters. The zero-order valence-corrected chi connectivity index (χ0v) is 20.3. The first-order valence-corrected chi connectivity index (χ1v) is 12.0. The summed E-state index contributed by atoms with van der Waals surface area (Å²) in [6, 6.07) is 15.4. The molecule has 0 bridgehead atoms. The van der Waals surface area contributed by atoms with Gasteiger partial charge >= 0.3 is 5.97 Å². The lowest BCUT2D eigenvalue weighted by atomic mass is 10.2. The number of hydrogen-bond acceptors (Lipinski definition) is 7. The van der Waals surface area contributed by atoms with Crippen molar-refractivity contribution in [3.63, 3.8) is 0 Å². The van der Waals surface area contributed by atoms with Crippen molar-refractivity contribution in [1.29, 1.82) is 0 Å². The number of aryl methyl sites for hydroxylation is 1. The quantitative estimate of drug-likeness (QED) is 0.324. The predicted molar refractivity (Wildman–Crippen MR) is 137 cm³/mol. The average molecular weight is 486 g/mol. The SMILES string of the molecule is Cc1ccc2nc(-c3ccc(NC(=O)COC(=O)c4cnc5c(cnn5C(C)C)c4)cc3)sc2c1. The van der Waals surface area contributed by atoms with E-state index in [1.165, 1.54) is 11.8 Å². The van der Waals surface area contributed by atoms with Crippen molar-refractivity contribution in [2.75, 3.05) is 11.9 Å². The Hall–Kier alpha value is -4.11. The first kappa shape index (κ1) is 22.7. The van der Waals surface area contributed by atoms with Crippen LogP contribution in [0.5, 0.6) is 0 Å². The number of carbonyl (C=O) groups excluding carboxylic acids is 2. The molecule has 0 spiro atoms. The molecule has 0 aliphatic heterocycles. The number of amides is 1. The normalized spacial score (nSPS) is 11.3. The number of ether oxygens (including phenoxy) is 1. The molecule has 0 saturated heterocycles. The van der Waals surface area contributed by atoms with Gasteiger partial charge in [0.25, 0.3) is 5.91 Å². The van der Waals surface area contributed by atoms with E-state index in [9.17, 15) is 9.59 Å². The Morgan fingerprint density at radius 1 is 1.09 bits per heavy atom. The molecule has 5 aromatic rings. The summed E-state index contributed by atoms with van der Waals surface area (Å²) in [5.74, 6) is -1.04. The van der Waals surface area contributed by atoms with Gasteiger partial charge in [-0.3, -0.25) is 4.79 Å². The Bertz CT molecular complexity index is 1550. The lowest BCUT2D eigenvalue weighted by molar-refractivity contribution is -0.119. The standard InChI is InChI=1S/C26H23N5O3S/c1-15(2)31-24-18(13-28-31)11-19(12-27-24)26(33)34-14-23(32)29-20-7-5-17(6-8-20)25-30-21-9-4-16(3)10-22(21)35-25/h4-13,15H,14H2,1-3H3,(H,29,32). The van der Waals surface area contributed by atoms with Gasteiger partial charge in [-0.15, -0.1) is 11.3 Å². The summed E-state index contributed by atoms with van der Waals surface area (Å²) in [5, 5.41) is 8.69. The van der Waals surface area contributed by atoms with Gasteiger partial charge in [0.15, 0.2) is 12.3 Å². The molecule has 3 heterocycles. The van der Waals surface area contributed by atoms with E-state index in [0.29, 0.717) is 11.3 Å². The first-order valence-electron chi connectivity index (χ1n) is 11.2. The van der Waals surface area contributed by atoms with Crippen LogP contribution in [0, 0.1) is 6.92 Å². The number of fused-ring (bicyclic) bond motifs is 2. The van der Waals surface area contributed by atoms with Gasteiger partial charge in [0, 0.05) is 28.9 Å². The minimum absolute atomic E-state index is 0.154. The number of hydrogen-bond donors (Lipinski definition) is 1. The van der Waals surface area contributed by atoms with Crippen LogP contribution >= 0.6 is 11.3 Å². The van der Waals surface area contributed by atoms with Gasteiger partial charge in [-0.05, 0) is 68.8 Å². The average Bonchev–Trinajstić information content (AvgIpc) is 3.46. The van der Waals surface area contributed by atoms with Crippen molar-refractivity contribution in [3.05, 3.63) is 72.1 Å². The number of anilines is 1. The fourth-order valence-electron chi connectivity index (χ4n) is 3.69. The summed E-state index contributed by atoms with van der Waals surface area (Å²) < 4.78 is 8.09. The highest BCUT2D eigenvalue weighted by atomic mass is 32.1. The van der Waals surface area contributed by atoms with Crippen molar-refractivity contribution in [3.8, 4) is 10.6 Å². The van der Waals surface area contributed by atoms with Gasteiger partial charge in [-0.2, -0.15) is 5.10 Å². The monoisotopic (exact) mass is 485 g/mol. The summed E-state index contributed by atoms with van der Waals surface area (Å²) >= 11 is 1.63. The molecule has 0 atom stereocenters. The molecule has 2 aromatic carbocycles. The highest BCUT2D eigenvalue weighted by molar-refractivity contribution is 7.21. The molecule has 9 heteroatoms. The molecule has 0 saturated carbocycles. The lowest BCUT2D eigenvalue weighted by Gasteiger charge is -2.08. The number of benzene rings is 2. The van der Waals surface area contributed by atoms with E-state index in [0.717, 1.165) is 26.2 Å². The topological polar surface area (TPSA) is 99.0 Å². The zero-order chi connectivity index (χ0) is 24.5. The third-order valence-corrected chi connectivity index (χ3v) is 6.52. The number of rotatable bonds is 6. The second-order valence-electron chi connectivity index (χ2n) is 8.51. The van der Waals surface area contributed by atoms with E-state index in [-0.39, 0.29) is 11.6 Å². The molecular formula is C26H23N5O3S. The van der Waals surface area contributed by atoms with E-state index in [4.69, 9.17) is 4.74 Å².